The summed E-state index contributed by atoms with van der Waals surface area (Å²) in [4.78, 5) is 17.6. The van der Waals surface area contributed by atoms with Gasteiger partial charge in [-0.2, -0.15) is 0 Å². The van der Waals surface area contributed by atoms with Gasteiger partial charge in [0, 0.05) is 38.6 Å². The second kappa shape index (κ2) is 10.0. The van der Waals surface area contributed by atoms with Gasteiger partial charge in [0.25, 0.3) is 0 Å². The van der Waals surface area contributed by atoms with Gasteiger partial charge in [0.05, 0.1) is 4.90 Å². The van der Waals surface area contributed by atoms with Crippen LogP contribution in [-0.4, -0.2) is 63.4 Å². The van der Waals surface area contributed by atoms with Gasteiger partial charge in [-0.1, -0.05) is 24.6 Å². The lowest BCUT2D eigenvalue weighted by atomic mass is 9.81. The van der Waals surface area contributed by atoms with Gasteiger partial charge in [-0.25, -0.2) is 13.1 Å². The summed E-state index contributed by atoms with van der Waals surface area (Å²) in [5.41, 5.74) is 1.04. The summed E-state index contributed by atoms with van der Waals surface area (Å²) >= 11 is 0. The lowest BCUT2D eigenvalue weighted by molar-refractivity contribution is -0.138. The lowest BCUT2D eigenvalue weighted by Crippen LogP contribution is -2.50. The Morgan fingerprint density at radius 1 is 1.03 bits per heavy atom. The normalized spacial score (nSPS) is 23.9. The summed E-state index contributed by atoms with van der Waals surface area (Å²) < 4.78 is 27.7. The third-order valence-electron chi connectivity index (χ3n) is 6.31. The molecule has 29 heavy (non-hydrogen) atoms. The molecule has 1 N–H and O–H groups in total. The molecule has 7 heteroatoms. The number of piperazine rings is 1. The van der Waals surface area contributed by atoms with E-state index >= 15 is 0 Å². The van der Waals surface area contributed by atoms with Gasteiger partial charge < -0.3 is 4.90 Å². The van der Waals surface area contributed by atoms with Crippen molar-refractivity contribution in [2.45, 2.75) is 50.8 Å². The molecule has 3 rings (SSSR count). The van der Waals surface area contributed by atoms with E-state index in [2.05, 4.69) is 16.5 Å². The highest BCUT2D eigenvalue weighted by molar-refractivity contribution is 7.89. The smallest absolute Gasteiger partial charge is 0.240 e. The number of hydrogen-bond donors (Lipinski definition) is 1. The molecule has 0 radical (unpaired) electrons. The number of nitrogens with one attached hydrogen (secondary N) is 1. The summed E-state index contributed by atoms with van der Waals surface area (Å²) in [5, 5.41) is 0. The van der Waals surface area contributed by atoms with Crippen molar-refractivity contribution in [1.29, 1.82) is 0 Å². The maximum absolute atomic E-state index is 12.8. The lowest BCUT2D eigenvalue weighted by Gasteiger charge is -2.37. The predicted molar refractivity (Wildman–Crippen MR) is 115 cm³/mol. The largest absolute Gasteiger partial charge is 0.340 e. The Kier molecular flexibility index (Phi) is 7.71. The first-order valence-corrected chi connectivity index (χ1v) is 12.4. The molecular formula is C22H35N3O3S. The number of nitrogens with zero attached hydrogens (tertiary/aromatic N) is 2. The van der Waals surface area contributed by atoms with Crippen LogP contribution in [0.2, 0.25) is 0 Å². The second-order valence-corrected chi connectivity index (χ2v) is 10.3. The molecule has 1 aromatic rings. The minimum Gasteiger partial charge on any atom is -0.340 e. The van der Waals surface area contributed by atoms with E-state index in [4.69, 9.17) is 0 Å². The van der Waals surface area contributed by atoms with E-state index in [1.54, 1.807) is 12.1 Å². The average Bonchev–Trinajstić information content (AvgIpc) is 2.73. The van der Waals surface area contributed by atoms with Crippen LogP contribution in [0, 0.1) is 18.8 Å². The molecule has 2 fully saturated rings. The zero-order valence-electron chi connectivity index (χ0n) is 17.8. The van der Waals surface area contributed by atoms with Gasteiger partial charge in [0.1, 0.15) is 0 Å². The van der Waals surface area contributed by atoms with Gasteiger partial charge in [-0.15, -0.1) is 0 Å². The average molecular weight is 422 g/mol. The molecule has 6 nitrogen and oxygen atoms in total. The molecule has 0 spiro atoms. The molecule has 1 amide bonds. The van der Waals surface area contributed by atoms with E-state index in [0.29, 0.717) is 23.3 Å². The monoisotopic (exact) mass is 421 g/mol. The van der Waals surface area contributed by atoms with Crippen LogP contribution in [0.1, 0.15) is 44.6 Å². The molecule has 0 atom stereocenters. The van der Waals surface area contributed by atoms with Crippen molar-refractivity contribution in [3.63, 3.8) is 0 Å². The van der Waals surface area contributed by atoms with Gasteiger partial charge in [0.2, 0.25) is 15.9 Å². The Labute approximate surface area is 175 Å². The van der Waals surface area contributed by atoms with Gasteiger partial charge in [-0.05, 0) is 63.6 Å². The van der Waals surface area contributed by atoms with Crippen LogP contribution in [0.5, 0.6) is 0 Å². The molecule has 0 aromatic heterocycles. The highest BCUT2D eigenvalue weighted by Gasteiger charge is 2.31. The first-order chi connectivity index (χ1) is 13.9. The number of aryl methyl sites for hydroxylation is 1. The number of rotatable bonds is 7. The van der Waals surface area contributed by atoms with Crippen LogP contribution >= 0.6 is 0 Å². The minimum absolute atomic E-state index is 0.109. The quantitative estimate of drug-likeness (QED) is 0.735. The maximum Gasteiger partial charge on any atom is 0.240 e. The van der Waals surface area contributed by atoms with E-state index < -0.39 is 10.0 Å². The van der Waals surface area contributed by atoms with Crippen LogP contribution in [0.15, 0.2) is 29.2 Å². The summed E-state index contributed by atoms with van der Waals surface area (Å²) in [6, 6.07) is 6.92. The molecule has 0 unspecified atom stereocenters. The zero-order valence-corrected chi connectivity index (χ0v) is 18.6. The molecular weight excluding hydrogens is 386 g/mol. The zero-order chi connectivity index (χ0) is 20.9. The predicted octanol–water partition coefficient (Wildman–Crippen LogP) is 2.63. The highest BCUT2D eigenvalue weighted by atomic mass is 32.2. The van der Waals surface area contributed by atoms with Crippen LogP contribution in [0.25, 0.3) is 0 Å². The molecule has 1 aliphatic carbocycles. The fourth-order valence-electron chi connectivity index (χ4n) is 4.41. The molecule has 2 aliphatic rings. The SMILES string of the molecule is CCCN1CCN(C(=O)C2CCC(CNS(=O)(=O)c3ccc(C)cc3)CC2)CC1. The maximum atomic E-state index is 12.8. The Bertz CT molecular complexity index is 763. The topological polar surface area (TPSA) is 69.7 Å². The first kappa shape index (κ1) is 22.2. The number of sulfonamides is 1. The first-order valence-electron chi connectivity index (χ1n) is 11.0. The van der Waals surface area contributed by atoms with Gasteiger partial charge in [-0.3, -0.25) is 9.69 Å². The van der Waals surface area contributed by atoms with Gasteiger partial charge >= 0.3 is 0 Å². The van der Waals surface area contributed by atoms with Crippen molar-refractivity contribution in [1.82, 2.24) is 14.5 Å². The third-order valence-corrected chi connectivity index (χ3v) is 7.75. The van der Waals surface area contributed by atoms with Crippen molar-refractivity contribution in [3.8, 4) is 0 Å². The van der Waals surface area contributed by atoms with Crippen LogP contribution in [0.4, 0.5) is 0 Å². The Balaban J connectivity index is 1.42. The molecule has 162 valence electrons. The van der Waals surface area contributed by atoms with Crippen molar-refractivity contribution < 1.29 is 13.2 Å². The molecule has 1 saturated carbocycles. The highest BCUT2D eigenvalue weighted by Crippen LogP contribution is 2.30. The summed E-state index contributed by atoms with van der Waals surface area (Å²) in [7, 11) is -3.46. The van der Waals surface area contributed by atoms with Gasteiger partial charge in [0.15, 0.2) is 0 Å². The third kappa shape index (κ3) is 6.03. The molecule has 1 aliphatic heterocycles. The number of carbonyl (C=O) groups excluding carboxylic acids is 1. The summed E-state index contributed by atoms with van der Waals surface area (Å²) in [5.74, 6) is 0.721. The van der Waals surface area contributed by atoms with Crippen molar-refractivity contribution in [2.24, 2.45) is 11.8 Å². The Morgan fingerprint density at radius 3 is 2.24 bits per heavy atom. The van der Waals surface area contributed by atoms with E-state index in [0.717, 1.165) is 70.4 Å². The summed E-state index contributed by atoms with van der Waals surface area (Å²) in [6.07, 6.45) is 4.70. The second-order valence-electron chi connectivity index (χ2n) is 8.55. The fourth-order valence-corrected chi connectivity index (χ4v) is 5.52. The van der Waals surface area contributed by atoms with E-state index in [1.807, 2.05) is 24.0 Å². The number of amides is 1. The van der Waals surface area contributed by atoms with Crippen molar-refractivity contribution >= 4 is 15.9 Å². The van der Waals surface area contributed by atoms with E-state index in [-0.39, 0.29) is 5.92 Å². The number of benzene rings is 1. The van der Waals surface area contributed by atoms with Crippen LogP contribution in [-0.2, 0) is 14.8 Å². The van der Waals surface area contributed by atoms with Crippen molar-refractivity contribution in [3.05, 3.63) is 29.8 Å². The van der Waals surface area contributed by atoms with Crippen molar-refractivity contribution in [2.75, 3.05) is 39.3 Å². The standard InChI is InChI=1S/C22H35N3O3S/c1-3-12-24-13-15-25(16-14-24)22(26)20-8-6-19(7-9-20)17-23-29(27,28)21-10-4-18(2)5-11-21/h4-5,10-11,19-20,23H,3,6-9,12-17H2,1-2H3. The Morgan fingerprint density at radius 2 is 1.66 bits per heavy atom. The Hall–Kier alpha value is -1.44. The number of carbonyl (C=O) groups is 1. The number of hydrogen-bond acceptors (Lipinski definition) is 4. The fraction of sp³-hybridized carbons (Fsp3) is 0.682. The molecule has 1 aromatic carbocycles. The molecule has 1 saturated heterocycles. The van der Waals surface area contributed by atoms with Crippen LogP contribution in [0.3, 0.4) is 0 Å². The van der Waals surface area contributed by atoms with E-state index in [1.165, 1.54) is 0 Å². The van der Waals surface area contributed by atoms with Crippen LogP contribution < -0.4 is 4.72 Å². The van der Waals surface area contributed by atoms with E-state index in [9.17, 15) is 13.2 Å². The minimum atomic E-state index is -3.46. The molecule has 1 heterocycles. The molecule has 0 bridgehead atoms. The summed E-state index contributed by atoms with van der Waals surface area (Å²) in [6.45, 7) is 9.35.